The molecule has 5 rings (SSSR count). The lowest BCUT2D eigenvalue weighted by Gasteiger charge is -2.21. The molecule has 2 aliphatic rings. The Kier molecular flexibility index (Phi) is 3.93. The van der Waals surface area contributed by atoms with Crippen molar-refractivity contribution >= 4 is 5.82 Å². The van der Waals surface area contributed by atoms with Crippen LogP contribution in [0.5, 0.6) is 0 Å². The highest BCUT2D eigenvalue weighted by Gasteiger charge is 2.32. The van der Waals surface area contributed by atoms with Crippen LogP contribution in [0.4, 0.5) is 5.82 Å². The van der Waals surface area contributed by atoms with Gasteiger partial charge in [-0.15, -0.1) is 0 Å². The lowest BCUT2D eigenvalue weighted by molar-refractivity contribution is 0.182. The predicted octanol–water partition coefficient (Wildman–Crippen LogP) is 0.760. The summed E-state index contributed by atoms with van der Waals surface area (Å²) in [6.45, 7) is 0.916. The number of rotatable bonds is 4. The van der Waals surface area contributed by atoms with Crippen LogP contribution in [0.1, 0.15) is 23.7 Å². The van der Waals surface area contributed by atoms with Crippen LogP contribution in [0.15, 0.2) is 41.7 Å². The van der Waals surface area contributed by atoms with Crippen molar-refractivity contribution in [1.29, 1.82) is 0 Å². The van der Waals surface area contributed by atoms with Crippen molar-refractivity contribution in [2.75, 3.05) is 18.5 Å². The molecule has 4 heterocycles. The normalized spacial score (nSPS) is 21.3. The Hall–Kier alpha value is -3.07. The van der Waals surface area contributed by atoms with E-state index in [1.54, 1.807) is 34.0 Å². The molecule has 1 saturated heterocycles. The van der Waals surface area contributed by atoms with Crippen LogP contribution in [-0.2, 0) is 17.6 Å². The summed E-state index contributed by atoms with van der Waals surface area (Å²) in [6, 6.07) is 3.26. The maximum Gasteiger partial charge on any atom is 0.267 e. The van der Waals surface area contributed by atoms with Crippen LogP contribution in [0.25, 0.3) is 5.82 Å². The van der Waals surface area contributed by atoms with Crippen molar-refractivity contribution < 1.29 is 4.74 Å². The highest BCUT2D eigenvalue weighted by molar-refractivity contribution is 5.37. The summed E-state index contributed by atoms with van der Waals surface area (Å²) in [6.07, 6.45) is 9.73. The van der Waals surface area contributed by atoms with E-state index in [2.05, 4.69) is 25.5 Å². The zero-order valence-electron chi connectivity index (χ0n) is 14.7. The Morgan fingerprint density at radius 2 is 2.19 bits per heavy atom. The van der Waals surface area contributed by atoms with Gasteiger partial charge in [0, 0.05) is 18.5 Å². The molecule has 1 aliphatic heterocycles. The fourth-order valence-corrected chi connectivity index (χ4v) is 3.70. The van der Waals surface area contributed by atoms with Gasteiger partial charge < -0.3 is 10.1 Å². The number of nitrogens with zero attached hydrogens (tertiary/aromatic N) is 6. The average Bonchev–Trinajstić information content (AvgIpc) is 3.43. The third-order valence-electron chi connectivity index (χ3n) is 5.04. The van der Waals surface area contributed by atoms with Crippen molar-refractivity contribution in [2.45, 2.75) is 31.3 Å². The Balaban J connectivity index is 1.41. The fourth-order valence-electron chi connectivity index (χ4n) is 3.70. The molecule has 3 aromatic heterocycles. The molecule has 0 spiro atoms. The van der Waals surface area contributed by atoms with Crippen LogP contribution in [0.3, 0.4) is 0 Å². The lowest BCUT2D eigenvalue weighted by atomic mass is 10.1. The molecular formula is C18H19N7O2. The lowest BCUT2D eigenvalue weighted by Crippen LogP contribution is -2.38. The minimum atomic E-state index is -0.182. The van der Waals surface area contributed by atoms with E-state index in [9.17, 15) is 4.79 Å². The van der Waals surface area contributed by atoms with E-state index in [-0.39, 0.29) is 17.6 Å². The fraction of sp³-hybridized carbons (Fsp3) is 0.389. The molecular weight excluding hydrogens is 346 g/mol. The first-order valence-electron chi connectivity index (χ1n) is 9.06. The van der Waals surface area contributed by atoms with Gasteiger partial charge in [0.1, 0.15) is 11.9 Å². The van der Waals surface area contributed by atoms with Crippen molar-refractivity contribution in [1.82, 2.24) is 29.5 Å². The zero-order chi connectivity index (χ0) is 18.2. The van der Waals surface area contributed by atoms with E-state index in [4.69, 9.17) is 4.74 Å². The predicted molar refractivity (Wildman–Crippen MR) is 96.9 cm³/mol. The summed E-state index contributed by atoms with van der Waals surface area (Å²) in [5.41, 5.74) is 2.03. The second-order valence-corrected chi connectivity index (χ2v) is 6.82. The molecule has 27 heavy (non-hydrogen) atoms. The minimum Gasteiger partial charge on any atom is -0.377 e. The van der Waals surface area contributed by atoms with Gasteiger partial charge in [0.05, 0.1) is 37.3 Å². The first-order chi connectivity index (χ1) is 13.3. The molecule has 2 unspecified atom stereocenters. The van der Waals surface area contributed by atoms with Crippen molar-refractivity contribution in [3.8, 4) is 5.82 Å². The van der Waals surface area contributed by atoms with Crippen LogP contribution < -0.4 is 10.9 Å². The van der Waals surface area contributed by atoms with E-state index in [1.165, 1.54) is 0 Å². The second-order valence-electron chi connectivity index (χ2n) is 6.82. The molecule has 0 amide bonds. The van der Waals surface area contributed by atoms with Crippen LogP contribution in [0, 0.1) is 0 Å². The van der Waals surface area contributed by atoms with E-state index >= 15 is 0 Å². The molecule has 0 saturated carbocycles. The van der Waals surface area contributed by atoms with E-state index in [1.807, 2.05) is 12.3 Å². The molecule has 0 bridgehead atoms. The standard InChI is InChI=1S/C18H19N7O2/c26-18-7-12-3-1-4-13(12)23-25(18)15-11-27-10-14(15)21-16-8-19-9-17(22-16)24-6-2-5-20-24/h2,5-9,14-15H,1,3-4,10-11H2,(H,21,22). The summed E-state index contributed by atoms with van der Waals surface area (Å²) < 4.78 is 8.86. The summed E-state index contributed by atoms with van der Waals surface area (Å²) in [4.78, 5) is 21.3. The molecule has 0 aromatic carbocycles. The van der Waals surface area contributed by atoms with Crippen LogP contribution >= 0.6 is 0 Å². The number of aromatic nitrogens is 6. The first kappa shape index (κ1) is 16.1. The van der Waals surface area contributed by atoms with Crippen LogP contribution in [0.2, 0.25) is 0 Å². The highest BCUT2D eigenvalue weighted by atomic mass is 16.5. The third kappa shape index (κ3) is 2.99. The van der Waals surface area contributed by atoms with Gasteiger partial charge in [-0.1, -0.05) is 0 Å². The monoisotopic (exact) mass is 365 g/mol. The summed E-state index contributed by atoms with van der Waals surface area (Å²) >= 11 is 0. The Morgan fingerprint density at radius 3 is 3.07 bits per heavy atom. The minimum absolute atomic E-state index is 0.0747. The molecule has 1 N–H and O–H groups in total. The average molecular weight is 365 g/mol. The molecule has 1 aliphatic carbocycles. The number of nitrogens with one attached hydrogen (secondary N) is 1. The van der Waals surface area contributed by atoms with Gasteiger partial charge in [0.2, 0.25) is 0 Å². The van der Waals surface area contributed by atoms with Gasteiger partial charge >= 0.3 is 0 Å². The Morgan fingerprint density at radius 1 is 1.22 bits per heavy atom. The quantitative estimate of drug-likeness (QED) is 0.728. The highest BCUT2D eigenvalue weighted by Crippen LogP contribution is 2.23. The van der Waals surface area contributed by atoms with Crippen molar-refractivity contribution in [3.05, 3.63) is 58.5 Å². The summed E-state index contributed by atoms with van der Waals surface area (Å²) in [5.74, 6) is 1.23. The molecule has 0 radical (unpaired) electrons. The maximum absolute atomic E-state index is 12.6. The Bertz CT molecular complexity index is 1010. The number of hydrogen-bond acceptors (Lipinski definition) is 7. The van der Waals surface area contributed by atoms with Gasteiger partial charge in [-0.2, -0.15) is 10.2 Å². The number of anilines is 1. The Labute approximate surface area is 155 Å². The number of fused-ring (bicyclic) bond motifs is 1. The maximum atomic E-state index is 12.6. The largest absolute Gasteiger partial charge is 0.377 e. The molecule has 1 fully saturated rings. The van der Waals surface area contributed by atoms with Crippen LogP contribution in [-0.4, -0.2) is 48.8 Å². The smallest absolute Gasteiger partial charge is 0.267 e. The van der Waals surface area contributed by atoms with Gasteiger partial charge in [-0.25, -0.2) is 14.3 Å². The molecule has 9 heteroatoms. The van der Waals surface area contributed by atoms with Gasteiger partial charge in [-0.05, 0) is 30.9 Å². The number of hydrogen-bond donors (Lipinski definition) is 1. The first-order valence-corrected chi connectivity index (χ1v) is 9.06. The van der Waals surface area contributed by atoms with E-state index in [0.717, 1.165) is 30.5 Å². The molecule has 138 valence electrons. The van der Waals surface area contributed by atoms with Gasteiger partial charge in [-0.3, -0.25) is 9.78 Å². The SMILES string of the molecule is O=c1cc2c(nn1C1COCC1Nc1cncc(-n3cccn3)n1)CCC2. The van der Waals surface area contributed by atoms with Crippen molar-refractivity contribution in [3.63, 3.8) is 0 Å². The molecule has 2 atom stereocenters. The van der Waals surface area contributed by atoms with E-state index in [0.29, 0.717) is 24.8 Å². The third-order valence-corrected chi connectivity index (χ3v) is 5.04. The second kappa shape index (κ2) is 6.58. The summed E-state index contributed by atoms with van der Waals surface area (Å²) in [5, 5.41) is 12.1. The van der Waals surface area contributed by atoms with Gasteiger partial charge in [0.25, 0.3) is 5.56 Å². The van der Waals surface area contributed by atoms with E-state index < -0.39 is 0 Å². The topological polar surface area (TPSA) is 99.8 Å². The molecule has 3 aromatic rings. The zero-order valence-corrected chi connectivity index (χ0v) is 14.7. The number of aryl methyl sites for hydroxylation is 2. The van der Waals surface area contributed by atoms with Crippen molar-refractivity contribution in [2.24, 2.45) is 0 Å². The molecule has 9 nitrogen and oxygen atoms in total. The summed E-state index contributed by atoms with van der Waals surface area (Å²) in [7, 11) is 0. The van der Waals surface area contributed by atoms with Gasteiger partial charge in [0.15, 0.2) is 5.82 Å². The number of ether oxygens (including phenoxy) is 1.